The number of thiophene rings is 1. The number of ether oxygens (including phenoxy) is 1. The van der Waals surface area contributed by atoms with Crippen LogP contribution < -0.4 is 20.7 Å². The molecule has 0 radical (unpaired) electrons. The molecule has 10 rings (SSSR count). The molecule has 3 N–H and O–H groups in total. The molecule has 6 aliphatic rings. The molecular weight excluding hydrogens is 712 g/mol. The molecule has 5 unspecified atom stereocenters. The van der Waals surface area contributed by atoms with Gasteiger partial charge in [0.25, 0.3) is 0 Å². The zero-order valence-electron chi connectivity index (χ0n) is 31.8. The monoisotopic (exact) mass is 763 g/mol. The van der Waals surface area contributed by atoms with Crippen LogP contribution in [0.4, 0.5) is 24.0 Å². The van der Waals surface area contributed by atoms with E-state index in [1.807, 2.05) is 11.0 Å². The molecule has 13 heteroatoms. The maximum Gasteiger partial charge on any atom is 0.318 e. The van der Waals surface area contributed by atoms with E-state index in [0.717, 1.165) is 62.6 Å². The number of nitrogens with zero attached hydrogens (tertiary/aromatic N) is 5. The van der Waals surface area contributed by atoms with Gasteiger partial charge in [0.2, 0.25) is 6.41 Å². The number of benzene rings is 2. The summed E-state index contributed by atoms with van der Waals surface area (Å²) in [5.41, 5.74) is 9.72. The number of hydrogen-bond donors (Lipinski definition) is 2. The second-order valence-corrected chi connectivity index (χ2v) is 17.6. The SMILES string of the molecule is C1CN1.CCC(C)(C)CCC1c2cc3c(N4CC5CCC(C4)N5C=O)nc(OC)nc3c(F)c2-c2ccc(F)c3sc(N)c1c23.FC1CC2CCCN2C1. The maximum absolute atomic E-state index is 17.0. The third kappa shape index (κ3) is 6.78. The second kappa shape index (κ2) is 14.8. The van der Waals surface area contributed by atoms with Crippen LogP contribution in [-0.4, -0.2) is 96.9 Å². The summed E-state index contributed by atoms with van der Waals surface area (Å²) in [6.07, 6.45) is 8.28. The van der Waals surface area contributed by atoms with E-state index in [2.05, 4.69) is 40.9 Å². The first-order valence-corrected chi connectivity index (χ1v) is 20.5. The Morgan fingerprint density at radius 3 is 2.48 bits per heavy atom. The lowest BCUT2D eigenvalue weighted by molar-refractivity contribution is -0.121. The van der Waals surface area contributed by atoms with E-state index < -0.39 is 12.0 Å². The number of nitrogen functional groups attached to an aromatic ring is 1. The number of fused-ring (bicyclic) bond motifs is 6. The first kappa shape index (κ1) is 37.3. The Labute approximate surface area is 319 Å². The Balaban J connectivity index is 0.000000290. The third-order valence-corrected chi connectivity index (χ3v) is 13.7. The number of anilines is 2. The van der Waals surface area contributed by atoms with E-state index in [-0.39, 0.29) is 40.8 Å². The summed E-state index contributed by atoms with van der Waals surface area (Å²) in [4.78, 5) is 27.4. The fraction of sp³-hybridized carbons (Fsp3) is 0.585. The van der Waals surface area contributed by atoms with Crippen molar-refractivity contribution in [3.63, 3.8) is 0 Å². The van der Waals surface area contributed by atoms with Gasteiger partial charge in [-0.15, -0.1) is 11.3 Å². The number of halogens is 3. The van der Waals surface area contributed by atoms with Crippen molar-refractivity contribution in [2.75, 3.05) is 57.0 Å². The molecule has 54 heavy (non-hydrogen) atoms. The lowest BCUT2D eigenvalue weighted by Gasteiger charge is -2.40. The normalized spacial score (nSPS) is 25.2. The number of methoxy groups -OCH3 is 1. The lowest BCUT2D eigenvalue weighted by Crippen LogP contribution is -2.53. The molecule has 7 heterocycles. The lowest BCUT2D eigenvalue weighted by atomic mass is 9.73. The minimum absolute atomic E-state index is 0.0842. The molecule has 9 nitrogen and oxygen atoms in total. The number of rotatable bonds is 7. The van der Waals surface area contributed by atoms with Crippen LogP contribution in [0.5, 0.6) is 6.01 Å². The Hall–Kier alpha value is -3.68. The van der Waals surface area contributed by atoms with Gasteiger partial charge in [-0.25, -0.2) is 13.2 Å². The number of carbonyl (C=O) groups is 1. The van der Waals surface area contributed by atoms with Crippen LogP contribution >= 0.6 is 11.3 Å². The zero-order valence-corrected chi connectivity index (χ0v) is 32.6. The van der Waals surface area contributed by atoms with Gasteiger partial charge >= 0.3 is 6.01 Å². The highest BCUT2D eigenvalue weighted by molar-refractivity contribution is 7.23. The molecule has 2 bridgehead atoms. The number of hydrogen-bond acceptors (Lipinski definition) is 9. The van der Waals surface area contributed by atoms with Crippen molar-refractivity contribution < 1.29 is 22.7 Å². The van der Waals surface area contributed by atoms with Gasteiger partial charge in [0, 0.05) is 78.7 Å². The molecule has 5 atom stereocenters. The van der Waals surface area contributed by atoms with Crippen molar-refractivity contribution in [3.8, 4) is 17.1 Å². The topological polar surface area (TPSA) is 110 Å². The summed E-state index contributed by atoms with van der Waals surface area (Å²) in [6.45, 7) is 12.2. The van der Waals surface area contributed by atoms with Crippen LogP contribution in [0.3, 0.4) is 0 Å². The van der Waals surface area contributed by atoms with Crippen LogP contribution in [0.25, 0.3) is 32.1 Å². The predicted octanol–water partition coefficient (Wildman–Crippen LogP) is 7.63. The van der Waals surface area contributed by atoms with Crippen LogP contribution in [0, 0.1) is 17.0 Å². The molecule has 1 amide bonds. The molecule has 0 saturated carbocycles. The minimum atomic E-state index is -0.518. The van der Waals surface area contributed by atoms with E-state index in [1.54, 1.807) is 6.07 Å². The van der Waals surface area contributed by atoms with Gasteiger partial charge in [0.15, 0.2) is 5.82 Å². The summed E-state index contributed by atoms with van der Waals surface area (Å²) in [5, 5.41) is 4.90. The Morgan fingerprint density at radius 1 is 1.09 bits per heavy atom. The number of piperazine rings is 1. The fourth-order valence-corrected chi connectivity index (χ4v) is 10.4. The summed E-state index contributed by atoms with van der Waals surface area (Å²) in [7, 11) is 1.48. The number of nitrogens with two attached hydrogens (primary N) is 1. The highest BCUT2D eigenvalue weighted by Crippen LogP contribution is 2.55. The van der Waals surface area contributed by atoms with Crippen LogP contribution in [0.2, 0.25) is 0 Å². The molecule has 290 valence electrons. The van der Waals surface area contributed by atoms with E-state index in [4.69, 9.17) is 15.5 Å². The molecule has 1 aliphatic carbocycles. The Bertz CT molecular complexity index is 2030. The Morgan fingerprint density at radius 2 is 1.83 bits per heavy atom. The van der Waals surface area contributed by atoms with Crippen molar-refractivity contribution in [1.82, 2.24) is 25.1 Å². The standard InChI is InChI=1S/C32H35F2N5O2S.C7H12FN.C2H5N/c1-5-32(2,3)11-10-18-20-12-21-27(26(34)23(20)19-8-9-22(33)28-24(19)25(18)29(35)42-28)36-31(41-4)37-30(21)38-13-16-6-7-17(14-38)39(16)15-40;8-6-4-7-2-1-3-9(7)5-6;1-2-3-1/h8-9,12,15-18H,5-7,10-11,13-14,35H2,1-4H3;6-7H,1-5H2;3H,1-2H2. The number of amides is 1. The van der Waals surface area contributed by atoms with E-state index in [0.29, 0.717) is 63.1 Å². The number of aromatic nitrogens is 2. The quantitative estimate of drug-likeness (QED) is 0.146. The average molecular weight is 764 g/mol. The molecule has 5 aliphatic heterocycles. The number of alkyl halides is 1. The van der Waals surface area contributed by atoms with E-state index >= 15 is 8.78 Å². The van der Waals surface area contributed by atoms with Crippen molar-refractivity contribution in [1.29, 1.82) is 0 Å². The maximum atomic E-state index is 17.0. The molecule has 5 saturated heterocycles. The fourth-order valence-electron chi connectivity index (χ4n) is 9.33. The smallest absolute Gasteiger partial charge is 0.318 e. The van der Waals surface area contributed by atoms with Gasteiger partial charge < -0.3 is 25.6 Å². The third-order valence-electron chi connectivity index (χ3n) is 12.7. The highest BCUT2D eigenvalue weighted by Gasteiger charge is 2.41. The van der Waals surface area contributed by atoms with Crippen LogP contribution in [-0.2, 0) is 4.79 Å². The van der Waals surface area contributed by atoms with E-state index in [9.17, 15) is 9.18 Å². The average Bonchev–Trinajstić information content (AvgIpc) is 3.75. The van der Waals surface area contributed by atoms with Gasteiger partial charge in [0.05, 0.1) is 16.8 Å². The minimum Gasteiger partial charge on any atom is -0.467 e. The first-order valence-electron chi connectivity index (χ1n) is 19.7. The zero-order chi connectivity index (χ0) is 37.9. The first-order chi connectivity index (χ1) is 26.0. The second-order valence-electron chi connectivity index (χ2n) is 16.6. The summed E-state index contributed by atoms with van der Waals surface area (Å²) in [5.74, 6) is -0.390. The van der Waals surface area contributed by atoms with Crippen molar-refractivity contribution in [2.45, 2.75) is 102 Å². The van der Waals surface area contributed by atoms with Gasteiger partial charge in [-0.3, -0.25) is 9.69 Å². The number of nitrogens with one attached hydrogen (secondary N) is 1. The van der Waals surface area contributed by atoms with Crippen molar-refractivity contribution in [3.05, 3.63) is 41.0 Å². The van der Waals surface area contributed by atoms with Gasteiger partial charge in [0.1, 0.15) is 23.3 Å². The summed E-state index contributed by atoms with van der Waals surface area (Å²) in [6, 6.07) is 5.98. The van der Waals surface area contributed by atoms with Gasteiger partial charge in [-0.05, 0) is 80.2 Å². The largest absolute Gasteiger partial charge is 0.467 e. The van der Waals surface area contributed by atoms with Crippen LogP contribution in [0.15, 0.2) is 18.2 Å². The number of carbonyl (C=O) groups excluding carboxylic acids is 1. The molecule has 4 aromatic rings. The van der Waals surface area contributed by atoms with Crippen molar-refractivity contribution >= 4 is 49.6 Å². The van der Waals surface area contributed by atoms with Gasteiger partial charge in [-0.1, -0.05) is 33.3 Å². The molecule has 2 aromatic heterocycles. The van der Waals surface area contributed by atoms with Crippen molar-refractivity contribution in [2.24, 2.45) is 5.41 Å². The van der Waals surface area contributed by atoms with Gasteiger partial charge in [-0.2, -0.15) is 9.97 Å². The molecule has 0 spiro atoms. The summed E-state index contributed by atoms with van der Waals surface area (Å²) >= 11 is 1.24. The predicted molar refractivity (Wildman–Crippen MR) is 210 cm³/mol. The Kier molecular flexibility index (Phi) is 10.2. The molecule has 5 fully saturated rings. The highest BCUT2D eigenvalue weighted by atomic mass is 32.1. The summed E-state index contributed by atoms with van der Waals surface area (Å²) < 4.78 is 50.6. The van der Waals surface area contributed by atoms with E-state index in [1.165, 1.54) is 50.4 Å². The van der Waals surface area contributed by atoms with Crippen LogP contribution in [0.1, 0.15) is 89.2 Å². The molecule has 2 aromatic carbocycles. The molecular formula is C41H52F3N7O2S.